The number of aldehydes is 1. The Morgan fingerprint density at radius 1 is 1.33 bits per heavy atom. The van der Waals surface area contributed by atoms with Crippen LogP contribution in [-0.2, 0) is 4.79 Å². The van der Waals surface area contributed by atoms with E-state index in [2.05, 4.69) is 5.32 Å². The molecular weight excluding hydrogens is 150 g/mol. The number of nitrogens with one attached hydrogen (secondary N) is 1. The highest BCUT2D eigenvalue weighted by molar-refractivity contribution is 5.78. The smallest absolute Gasteiger partial charge is 0.153 e. The van der Waals surface area contributed by atoms with Gasteiger partial charge in [0, 0.05) is 0 Å². The summed E-state index contributed by atoms with van der Waals surface area (Å²) in [5.41, 5.74) is 0.381. The fourth-order valence-corrected chi connectivity index (χ4v) is 1.40. The van der Waals surface area contributed by atoms with E-state index in [0.29, 0.717) is 0 Å². The molecule has 1 heterocycles. The molecule has 1 aliphatic carbocycles. The van der Waals surface area contributed by atoms with Crippen LogP contribution in [0.15, 0.2) is 48.2 Å². The van der Waals surface area contributed by atoms with Crippen LogP contribution in [0.2, 0.25) is 0 Å². The topological polar surface area (TPSA) is 29.1 Å². The van der Waals surface area contributed by atoms with Crippen molar-refractivity contribution in [2.45, 2.75) is 5.54 Å². The number of dihydropyridines is 1. The molecule has 1 aliphatic heterocycles. The zero-order chi connectivity index (χ0) is 8.44. The van der Waals surface area contributed by atoms with Crippen molar-refractivity contribution in [1.82, 2.24) is 5.32 Å². The van der Waals surface area contributed by atoms with Gasteiger partial charge in [0.1, 0.15) is 5.54 Å². The van der Waals surface area contributed by atoms with Crippen LogP contribution < -0.4 is 5.32 Å². The number of rotatable bonds is 1. The van der Waals surface area contributed by atoms with Crippen LogP contribution in [0.1, 0.15) is 0 Å². The van der Waals surface area contributed by atoms with Crippen molar-refractivity contribution in [3.63, 3.8) is 0 Å². The molecule has 2 aliphatic rings. The molecule has 2 nitrogen and oxygen atoms in total. The van der Waals surface area contributed by atoms with E-state index >= 15 is 0 Å². The lowest BCUT2D eigenvalue weighted by atomic mass is 9.86. The lowest BCUT2D eigenvalue weighted by Crippen LogP contribution is -2.45. The zero-order valence-electron chi connectivity index (χ0n) is 6.53. The van der Waals surface area contributed by atoms with Crippen LogP contribution in [0, 0.1) is 0 Å². The highest BCUT2D eigenvalue weighted by Crippen LogP contribution is 2.24. The minimum absolute atomic E-state index is 0.608. The molecule has 2 rings (SSSR count). The number of carbonyl (C=O) groups is 1. The molecule has 0 fully saturated rings. The van der Waals surface area contributed by atoms with Gasteiger partial charge in [-0.1, -0.05) is 24.3 Å². The largest absolute Gasteiger partial charge is 0.372 e. The van der Waals surface area contributed by atoms with Crippen molar-refractivity contribution in [2.24, 2.45) is 0 Å². The Morgan fingerprint density at radius 3 is 3.00 bits per heavy atom. The molecule has 0 spiro atoms. The predicted molar refractivity (Wildman–Crippen MR) is 47.4 cm³/mol. The summed E-state index contributed by atoms with van der Waals surface area (Å²) in [7, 11) is 0. The predicted octanol–water partition coefficient (Wildman–Crippen LogP) is 1.09. The third-order valence-corrected chi connectivity index (χ3v) is 2.10. The van der Waals surface area contributed by atoms with Gasteiger partial charge in [-0.3, -0.25) is 4.79 Å². The number of carbonyl (C=O) groups excluding carboxylic acids is 1. The number of hydrogen-bond donors (Lipinski definition) is 1. The molecular formula is C10H9NO. The third-order valence-electron chi connectivity index (χ3n) is 2.10. The molecule has 0 aromatic rings. The Kier molecular flexibility index (Phi) is 1.47. The minimum Gasteiger partial charge on any atom is -0.372 e. The van der Waals surface area contributed by atoms with Crippen molar-refractivity contribution >= 4 is 6.29 Å². The Labute approximate surface area is 71.0 Å². The van der Waals surface area contributed by atoms with Gasteiger partial charge in [-0.15, -0.1) is 0 Å². The number of fused-ring (bicyclic) bond motifs is 1. The first-order chi connectivity index (χ1) is 5.87. The van der Waals surface area contributed by atoms with Crippen molar-refractivity contribution < 1.29 is 4.79 Å². The van der Waals surface area contributed by atoms with Gasteiger partial charge >= 0.3 is 0 Å². The summed E-state index contributed by atoms with van der Waals surface area (Å²) >= 11 is 0. The van der Waals surface area contributed by atoms with Gasteiger partial charge in [0.05, 0.1) is 0 Å². The molecule has 0 radical (unpaired) electrons. The second kappa shape index (κ2) is 2.48. The molecule has 0 amide bonds. The molecule has 60 valence electrons. The quantitative estimate of drug-likeness (QED) is 0.580. The van der Waals surface area contributed by atoms with E-state index in [9.17, 15) is 4.79 Å². The molecule has 2 heteroatoms. The van der Waals surface area contributed by atoms with E-state index in [1.807, 2.05) is 36.5 Å². The summed E-state index contributed by atoms with van der Waals surface area (Å²) in [6, 6.07) is 0. The zero-order valence-corrected chi connectivity index (χ0v) is 6.53. The summed E-state index contributed by atoms with van der Waals surface area (Å²) in [6.45, 7) is 0. The monoisotopic (exact) mass is 159 g/mol. The standard InChI is InChI=1S/C10H9NO/c12-8-10-6-2-1-4-9(10)5-3-7-11-10/h1-8,11H. The van der Waals surface area contributed by atoms with Crippen LogP contribution in [0.4, 0.5) is 0 Å². The lowest BCUT2D eigenvalue weighted by Gasteiger charge is -2.30. The average molecular weight is 159 g/mol. The maximum atomic E-state index is 10.9. The summed E-state index contributed by atoms with van der Waals surface area (Å²) < 4.78 is 0. The Balaban J connectivity index is 2.49. The molecule has 0 saturated carbocycles. The van der Waals surface area contributed by atoms with Gasteiger partial charge in [-0.25, -0.2) is 0 Å². The Bertz CT molecular complexity index is 323. The van der Waals surface area contributed by atoms with Crippen molar-refractivity contribution in [3.8, 4) is 0 Å². The summed E-state index contributed by atoms with van der Waals surface area (Å²) in [5, 5.41) is 3.03. The van der Waals surface area contributed by atoms with Gasteiger partial charge in [0.15, 0.2) is 6.29 Å². The van der Waals surface area contributed by atoms with Gasteiger partial charge in [0.2, 0.25) is 0 Å². The van der Waals surface area contributed by atoms with Crippen LogP contribution >= 0.6 is 0 Å². The Morgan fingerprint density at radius 2 is 2.25 bits per heavy atom. The van der Waals surface area contributed by atoms with Crippen LogP contribution in [0.25, 0.3) is 0 Å². The summed E-state index contributed by atoms with van der Waals surface area (Å²) in [5.74, 6) is 0. The molecule has 1 N–H and O–H groups in total. The van der Waals surface area contributed by atoms with Crippen LogP contribution in [-0.4, -0.2) is 11.8 Å². The summed E-state index contributed by atoms with van der Waals surface area (Å²) in [4.78, 5) is 10.9. The van der Waals surface area contributed by atoms with E-state index < -0.39 is 5.54 Å². The molecule has 1 atom stereocenters. The first-order valence-electron chi connectivity index (χ1n) is 3.85. The van der Waals surface area contributed by atoms with E-state index in [0.717, 1.165) is 11.9 Å². The third kappa shape index (κ3) is 0.848. The fraction of sp³-hybridized carbons (Fsp3) is 0.100. The van der Waals surface area contributed by atoms with Crippen molar-refractivity contribution in [2.75, 3.05) is 0 Å². The Hall–Kier alpha value is -1.57. The molecule has 1 unspecified atom stereocenters. The first kappa shape index (κ1) is 7.10. The lowest BCUT2D eigenvalue weighted by molar-refractivity contribution is -0.110. The molecule has 0 aromatic carbocycles. The van der Waals surface area contributed by atoms with E-state index in [4.69, 9.17) is 0 Å². The van der Waals surface area contributed by atoms with Gasteiger partial charge < -0.3 is 5.32 Å². The minimum atomic E-state index is -0.608. The fourth-order valence-electron chi connectivity index (χ4n) is 1.40. The first-order valence-corrected chi connectivity index (χ1v) is 3.85. The summed E-state index contributed by atoms with van der Waals surface area (Å²) in [6.07, 6.45) is 14.1. The van der Waals surface area contributed by atoms with E-state index in [-0.39, 0.29) is 0 Å². The maximum absolute atomic E-state index is 10.9. The highest BCUT2D eigenvalue weighted by Gasteiger charge is 2.30. The average Bonchev–Trinajstić information content (AvgIpc) is 2.18. The molecule has 0 aromatic heterocycles. The van der Waals surface area contributed by atoms with E-state index in [1.165, 1.54) is 0 Å². The van der Waals surface area contributed by atoms with Gasteiger partial charge in [-0.05, 0) is 23.9 Å². The van der Waals surface area contributed by atoms with Gasteiger partial charge in [0.25, 0.3) is 0 Å². The van der Waals surface area contributed by atoms with Crippen molar-refractivity contribution in [1.29, 1.82) is 0 Å². The van der Waals surface area contributed by atoms with Gasteiger partial charge in [-0.2, -0.15) is 0 Å². The number of allylic oxidation sites excluding steroid dienone is 4. The molecule has 0 saturated heterocycles. The normalized spacial score (nSPS) is 30.5. The maximum Gasteiger partial charge on any atom is 0.153 e. The van der Waals surface area contributed by atoms with Crippen LogP contribution in [0.5, 0.6) is 0 Å². The van der Waals surface area contributed by atoms with Crippen molar-refractivity contribution in [3.05, 3.63) is 48.2 Å². The molecule has 0 bridgehead atoms. The molecule has 12 heavy (non-hydrogen) atoms. The second-order valence-corrected chi connectivity index (χ2v) is 2.83. The van der Waals surface area contributed by atoms with E-state index in [1.54, 1.807) is 6.20 Å². The van der Waals surface area contributed by atoms with Crippen LogP contribution in [0.3, 0.4) is 0 Å². The highest BCUT2D eigenvalue weighted by atomic mass is 16.1. The second-order valence-electron chi connectivity index (χ2n) is 2.83. The number of hydrogen-bond acceptors (Lipinski definition) is 2. The SMILES string of the molecule is O=CC12C=CC=CC1=CC=CN2.